The van der Waals surface area contributed by atoms with E-state index < -0.39 is 0 Å². The molecule has 0 atom stereocenters. The molecule has 0 aliphatic carbocycles. The number of hydrogen-bond acceptors (Lipinski definition) is 6. The van der Waals surface area contributed by atoms with Crippen molar-refractivity contribution in [3.05, 3.63) is 5.82 Å². The smallest absolute Gasteiger partial charge is 0.165 e. The van der Waals surface area contributed by atoms with Gasteiger partial charge in [0.25, 0.3) is 0 Å². The van der Waals surface area contributed by atoms with Gasteiger partial charge in [0.15, 0.2) is 5.82 Å². The molecule has 1 N–H and O–H groups in total. The van der Waals surface area contributed by atoms with Gasteiger partial charge in [-0.2, -0.15) is 0 Å². The maximum Gasteiger partial charge on any atom is 0.165 e. The van der Waals surface area contributed by atoms with Gasteiger partial charge in [-0.05, 0) is 23.4 Å². The van der Waals surface area contributed by atoms with E-state index in [4.69, 9.17) is 9.47 Å². The highest BCUT2D eigenvalue weighted by molar-refractivity contribution is 4.79. The van der Waals surface area contributed by atoms with Crippen LogP contribution in [0.15, 0.2) is 0 Å². The first-order chi connectivity index (χ1) is 8.38. The Morgan fingerprint density at radius 3 is 2.94 bits per heavy atom. The summed E-state index contributed by atoms with van der Waals surface area (Å²) < 4.78 is 12.0. The fourth-order valence-corrected chi connectivity index (χ4v) is 1.30. The molecule has 0 aliphatic rings. The van der Waals surface area contributed by atoms with E-state index in [-0.39, 0.29) is 0 Å². The molecule has 0 bridgehead atoms. The highest BCUT2D eigenvalue weighted by Gasteiger charge is 2.04. The van der Waals surface area contributed by atoms with Gasteiger partial charge in [-0.25, -0.2) is 4.68 Å². The molecule has 0 fully saturated rings. The van der Waals surface area contributed by atoms with Crippen LogP contribution in [-0.4, -0.2) is 53.7 Å². The van der Waals surface area contributed by atoms with Crippen molar-refractivity contribution in [1.29, 1.82) is 0 Å². The molecular weight excluding hydrogens is 222 g/mol. The van der Waals surface area contributed by atoms with Crippen LogP contribution in [0, 0.1) is 0 Å². The summed E-state index contributed by atoms with van der Waals surface area (Å²) in [6.07, 6.45) is 1.10. The summed E-state index contributed by atoms with van der Waals surface area (Å²) in [5.74, 6) is 0.841. The van der Waals surface area contributed by atoms with Crippen LogP contribution in [0.3, 0.4) is 0 Å². The average molecular weight is 243 g/mol. The zero-order valence-electron chi connectivity index (χ0n) is 10.6. The van der Waals surface area contributed by atoms with Crippen LogP contribution >= 0.6 is 0 Å². The number of rotatable bonds is 10. The molecule has 7 nitrogen and oxygen atoms in total. The molecule has 0 spiro atoms. The lowest BCUT2D eigenvalue weighted by atomic mass is 10.4. The summed E-state index contributed by atoms with van der Waals surface area (Å²) in [6.45, 7) is 6.26. The summed E-state index contributed by atoms with van der Waals surface area (Å²) in [6, 6.07) is 0. The van der Waals surface area contributed by atoms with E-state index in [9.17, 15) is 0 Å². The van der Waals surface area contributed by atoms with Crippen molar-refractivity contribution in [3.63, 3.8) is 0 Å². The number of tetrazole rings is 1. The van der Waals surface area contributed by atoms with E-state index >= 15 is 0 Å². The fraction of sp³-hybridized carbons (Fsp3) is 0.900. The van der Waals surface area contributed by atoms with Crippen molar-refractivity contribution in [1.82, 2.24) is 25.5 Å². The predicted octanol–water partition coefficient (Wildman–Crippen LogP) is -0.164. The third-order valence-electron chi connectivity index (χ3n) is 2.20. The summed E-state index contributed by atoms with van der Waals surface area (Å²) in [4.78, 5) is 0. The quantitative estimate of drug-likeness (QED) is 0.575. The highest BCUT2D eigenvalue weighted by atomic mass is 16.5. The van der Waals surface area contributed by atoms with Crippen LogP contribution in [-0.2, 0) is 22.6 Å². The molecule has 0 amide bonds. The van der Waals surface area contributed by atoms with Crippen molar-refractivity contribution in [3.8, 4) is 0 Å². The summed E-state index contributed by atoms with van der Waals surface area (Å²) in [5.41, 5.74) is 0. The minimum Gasteiger partial charge on any atom is -0.382 e. The molecule has 1 aromatic heterocycles. The third kappa shape index (κ3) is 5.71. The van der Waals surface area contributed by atoms with Crippen molar-refractivity contribution in [2.45, 2.75) is 26.4 Å². The molecule has 17 heavy (non-hydrogen) atoms. The lowest BCUT2D eigenvalue weighted by Gasteiger charge is -2.06. The second-order valence-corrected chi connectivity index (χ2v) is 3.60. The average Bonchev–Trinajstić information content (AvgIpc) is 2.77. The maximum absolute atomic E-state index is 5.37. The number of ether oxygens (including phenoxy) is 2. The highest BCUT2D eigenvalue weighted by Crippen LogP contribution is 1.92. The van der Waals surface area contributed by atoms with Crippen LogP contribution < -0.4 is 5.32 Å². The third-order valence-corrected chi connectivity index (χ3v) is 2.20. The van der Waals surface area contributed by atoms with E-state index in [1.54, 1.807) is 11.8 Å². The first-order valence-corrected chi connectivity index (χ1v) is 5.91. The number of aromatic nitrogens is 4. The molecule has 1 heterocycles. The van der Waals surface area contributed by atoms with E-state index in [0.717, 1.165) is 18.8 Å². The van der Waals surface area contributed by atoms with Crippen LogP contribution in [0.1, 0.15) is 19.2 Å². The van der Waals surface area contributed by atoms with Crippen molar-refractivity contribution in [2.24, 2.45) is 0 Å². The number of nitrogens with one attached hydrogen (secondary N) is 1. The molecular formula is C10H21N5O2. The van der Waals surface area contributed by atoms with Gasteiger partial charge in [0, 0.05) is 7.11 Å². The molecule has 7 heteroatoms. The molecule has 1 rings (SSSR count). The Kier molecular flexibility index (Phi) is 7.44. The number of methoxy groups -OCH3 is 1. The molecule has 0 saturated heterocycles. The maximum atomic E-state index is 5.37. The normalized spacial score (nSPS) is 10.9. The largest absolute Gasteiger partial charge is 0.382 e. The van der Waals surface area contributed by atoms with Crippen LogP contribution in [0.4, 0.5) is 0 Å². The Bertz CT molecular complexity index is 292. The predicted molar refractivity (Wildman–Crippen MR) is 62.5 cm³/mol. The van der Waals surface area contributed by atoms with Gasteiger partial charge < -0.3 is 14.8 Å². The molecule has 0 aliphatic heterocycles. The van der Waals surface area contributed by atoms with E-state index in [0.29, 0.717) is 32.9 Å². The van der Waals surface area contributed by atoms with E-state index in [1.165, 1.54) is 0 Å². The van der Waals surface area contributed by atoms with Gasteiger partial charge in [-0.3, -0.25) is 0 Å². The molecule has 0 unspecified atom stereocenters. The second-order valence-electron chi connectivity index (χ2n) is 3.60. The van der Waals surface area contributed by atoms with E-state index in [2.05, 4.69) is 27.8 Å². The lowest BCUT2D eigenvalue weighted by Crippen LogP contribution is -2.19. The van der Waals surface area contributed by atoms with E-state index in [1.807, 2.05) is 0 Å². The zero-order valence-corrected chi connectivity index (χ0v) is 10.6. The minimum absolute atomic E-state index is 0.592. The first-order valence-electron chi connectivity index (χ1n) is 5.91. The monoisotopic (exact) mass is 243 g/mol. The molecule has 0 radical (unpaired) electrons. The zero-order chi connectivity index (χ0) is 12.3. The fourth-order valence-electron chi connectivity index (χ4n) is 1.30. The van der Waals surface area contributed by atoms with Gasteiger partial charge in [-0.1, -0.05) is 6.92 Å². The number of hydrogen-bond donors (Lipinski definition) is 1. The lowest BCUT2D eigenvalue weighted by molar-refractivity contribution is 0.0648. The first kappa shape index (κ1) is 14.0. The van der Waals surface area contributed by atoms with Crippen LogP contribution in [0.25, 0.3) is 0 Å². The summed E-state index contributed by atoms with van der Waals surface area (Å²) in [5, 5.41) is 14.8. The van der Waals surface area contributed by atoms with Crippen molar-refractivity contribution in [2.75, 3.05) is 33.5 Å². The van der Waals surface area contributed by atoms with Gasteiger partial charge in [-0.15, -0.1) is 5.10 Å². The van der Waals surface area contributed by atoms with Crippen LogP contribution in [0.2, 0.25) is 0 Å². The second kappa shape index (κ2) is 9.03. The van der Waals surface area contributed by atoms with Gasteiger partial charge in [0.2, 0.25) is 0 Å². The Morgan fingerprint density at radius 2 is 2.18 bits per heavy atom. The molecule has 1 aromatic rings. The number of nitrogens with zero attached hydrogens (tertiary/aromatic N) is 4. The topological polar surface area (TPSA) is 74.1 Å². The van der Waals surface area contributed by atoms with Crippen LogP contribution in [0.5, 0.6) is 0 Å². The standard InChI is InChI=1S/C10H21N5O2/c1-3-4-11-9-10-12-13-14-15(10)5-6-17-8-7-16-2/h11H,3-9H2,1-2H3. The Morgan fingerprint density at radius 1 is 1.29 bits per heavy atom. The van der Waals surface area contributed by atoms with Gasteiger partial charge in [0.1, 0.15) is 0 Å². The summed E-state index contributed by atoms with van der Waals surface area (Å²) >= 11 is 0. The summed E-state index contributed by atoms with van der Waals surface area (Å²) in [7, 11) is 1.65. The van der Waals surface area contributed by atoms with Gasteiger partial charge >= 0.3 is 0 Å². The molecule has 0 saturated carbocycles. The minimum atomic E-state index is 0.592. The van der Waals surface area contributed by atoms with Gasteiger partial charge in [0.05, 0.1) is 32.9 Å². The Hall–Kier alpha value is -1.05. The SMILES string of the molecule is CCCNCc1nnnn1CCOCCOC. The van der Waals surface area contributed by atoms with Crippen molar-refractivity contribution < 1.29 is 9.47 Å². The van der Waals surface area contributed by atoms with Crippen molar-refractivity contribution >= 4 is 0 Å². The Labute approximate surface area is 101 Å². The molecule has 98 valence electrons. The Balaban J connectivity index is 2.20. The molecule has 0 aromatic carbocycles.